The first kappa shape index (κ1) is 22.6. The van der Waals surface area contributed by atoms with Gasteiger partial charge >= 0.3 is 0 Å². The average molecular weight is 496 g/mol. The molecule has 1 spiro atoms. The minimum absolute atomic E-state index is 0.0271. The number of nitrogen functional groups attached to an aromatic ring is 1. The van der Waals surface area contributed by atoms with Crippen LogP contribution in [0, 0.1) is 11.2 Å². The number of nitrogens with two attached hydrogens (primary N) is 1. The first-order chi connectivity index (χ1) is 16.3. The summed E-state index contributed by atoms with van der Waals surface area (Å²) in [5, 5.41) is 1.97. The number of thiocarbonyl (C=S) groups is 1. The Morgan fingerprint density at radius 2 is 1.88 bits per heavy atom. The Morgan fingerprint density at radius 1 is 1.21 bits per heavy atom. The van der Waals surface area contributed by atoms with E-state index in [1.54, 1.807) is 24.1 Å². The highest BCUT2D eigenvalue weighted by atomic mass is 35.5. The van der Waals surface area contributed by atoms with Crippen molar-refractivity contribution in [3.63, 3.8) is 0 Å². The number of hydrogen-bond donors (Lipinski definition) is 1. The second-order valence-electron chi connectivity index (χ2n) is 8.96. The van der Waals surface area contributed by atoms with Crippen LogP contribution in [0.1, 0.15) is 5.56 Å². The number of anilines is 1. The van der Waals surface area contributed by atoms with E-state index in [1.165, 1.54) is 6.08 Å². The maximum atomic E-state index is 15.7. The fourth-order valence-corrected chi connectivity index (χ4v) is 5.58. The first-order valence-corrected chi connectivity index (χ1v) is 11.6. The van der Waals surface area contributed by atoms with Crippen molar-refractivity contribution in [2.75, 3.05) is 39.0 Å². The maximum absolute atomic E-state index is 15.7. The molecule has 0 bridgehead atoms. The molecule has 0 radical (unpaired) electrons. The van der Waals surface area contributed by atoms with Gasteiger partial charge in [-0.2, -0.15) is 0 Å². The Bertz CT molecular complexity index is 1360. The molecule has 2 N–H and O–H groups in total. The Morgan fingerprint density at radius 3 is 2.56 bits per heavy atom. The van der Waals surface area contributed by atoms with Gasteiger partial charge < -0.3 is 20.3 Å². The lowest BCUT2D eigenvalue weighted by Gasteiger charge is -2.60. The van der Waals surface area contributed by atoms with E-state index >= 15 is 4.39 Å². The summed E-state index contributed by atoms with van der Waals surface area (Å²) in [7, 11) is 1.57. The van der Waals surface area contributed by atoms with Gasteiger partial charge in [0.05, 0.1) is 17.8 Å². The summed E-state index contributed by atoms with van der Waals surface area (Å²) in [4.78, 5) is 15.9. The van der Waals surface area contributed by atoms with Crippen molar-refractivity contribution < 1.29 is 13.9 Å². The molecule has 1 amide bonds. The Hall–Kier alpha value is -3.16. The highest BCUT2D eigenvalue weighted by Gasteiger charge is 2.53. The summed E-state index contributed by atoms with van der Waals surface area (Å²) in [6, 6.07) is 12.9. The van der Waals surface area contributed by atoms with Crippen molar-refractivity contribution in [1.29, 1.82) is 0 Å². The molecule has 2 heterocycles. The van der Waals surface area contributed by atoms with E-state index in [4.69, 9.17) is 34.3 Å². The largest absolute Gasteiger partial charge is 0.497 e. The molecule has 0 aromatic heterocycles. The molecule has 2 aliphatic rings. The number of likely N-dealkylation sites (tertiary alicyclic amines) is 2. The van der Waals surface area contributed by atoms with Gasteiger partial charge in [0.2, 0.25) is 5.91 Å². The van der Waals surface area contributed by atoms with E-state index in [1.807, 2.05) is 35.2 Å². The van der Waals surface area contributed by atoms with Gasteiger partial charge in [0.15, 0.2) is 5.82 Å². The second-order valence-corrected chi connectivity index (χ2v) is 9.76. The Balaban J connectivity index is 1.45. The summed E-state index contributed by atoms with van der Waals surface area (Å²) in [5.74, 6) is -0.0759. The fourth-order valence-electron chi connectivity index (χ4n) is 4.99. The van der Waals surface area contributed by atoms with E-state index in [0.717, 1.165) is 10.8 Å². The summed E-state index contributed by atoms with van der Waals surface area (Å²) in [6.45, 7) is 6.24. The first-order valence-electron chi connectivity index (χ1n) is 10.8. The Kier molecular flexibility index (Phi) is 5.49. The topological polar surface area (TPSA) is 58.8 Å². The van der Waals surface area contributed by atoms with Crippen LogP contribution >= 0.6 is 23.8 Å². The molecule has 5 nitrogen and oxygen atoms in total. The minimum Gasteiger partial charge on any atom is -0.497 e. The summed E-state index contributed by atoms with van der Waals surface area (Å²) in [6.07, 6.45) is 1.33. The second kappa shape index (κ2) is 8.25. The zero-order valence-electron chi connectivity index (χ0n) is 18.6. The van der Waals surface area contributed by atoms with Crippen LogP contribution in [0.15, 0.2) is 55.1 Å². The lowest BCUT2D eigenvalue weighted by molar-refractivity contribution is -0.147. The van der Waals surface area contributed by atoms with Crippen molar-refractivity contribution in [3.05, 3.63) is 71.5 Å². The quantitative estimate of drug-likeness (QED) is 0.317. The predicted octanol–water partition coefficient (Wildman–Crippen LogP) is 4.90. The van der Waals surface area contributed by atoms with Gasteiger partial charge in [-0.05, 0) is 40.6 Å². The molecule has 0 unspecified atom stereocenters. The maximum Gasteiger partial charge on any atom is 0.245 e. The normalized spacial score (nSPS) is 16.2. The number of carbonyl (C=O) groups is 1. The smallest absolute Gasteiger partial charge is 0.245 e. The fraction of sp³-hybridized carbons (Fsp3) is 0.231. The van der Waals surface area contributed by atoms with Crippen molar-refractivity contribution >= 4 is 51.2 Å². The van der Waals surface area contributed by atoms with Crippen molar-refractivity contribution in [2.45, 2.75) is 0 Å². The predicted molar refractivity (Wildman–Crippen MR) is 138 cm³/mol. The number of hydrogen-bond acceptors (Lipinski definition) is 4. The number of nitrogens with zero attached hydrogens (tertiary/aromatic N) is 2. The van der Waals surface area contributed by atoms with Crippen LogP contribution in [0.4, 0.5) is 10.1 Å². The highest BCUT2D eigenvalue weighted by molar-refractivity contribution is 7.80. The number of amides is 1. The molecule has 2 aliphatic heterocycles. The van der Waals surface area contributed by atoms with Gasteiger partial charge in [0, 0.05) is 42.7 Å². The molecule has 174 valence electrons. The van der Waals surface area contributed by atoms with Crippen LogP contribution in [-0.2, 0) is 4.79 Å². The van der Waals surface area contributed by atoms with Crippen LogP contribution in [-0.4, -0.2) is 54.0 Å². The third-order valence-electron chi connectivity index (χ3n) is 6.71. The Labute approximate surface area is 207 Å². The van der Waals surface area contributed by atoms with E-state index in [2.05, 4.69) is 6.58 Å². The number of ether oxygens (including phenoxy) is 1. The molecule has 5 rings (SSSR count). The number of methoxy groups -OCH3 is 1. The van der Waals surface area contributed by atoms with E-state index < -0.39 is 5.82 Å². The van der Waals surface area contributed by atoms with Crippen LogP contribution in [0.5, 0.6) is 5.75 Å². The van der Waals surface area contributed by atoms with Crippen molar-refractivity contribution in [1.82, 2.24) is 9.80 Å². The molecule has 0 aliphatic carbocycles. The van der Waals surface area contributed by atoms with E-state index in [0.29, 0.717) is 48.0 Å². The lowest BCUT2D eigenvalue weighted by Crippen LogP contribution is -2.73. The number of fused-ring (bicyclic) bond motifs is 1. The molecule has 2 saturated heterocycles. The van der Waals surface area contributed by atoms with Crippen LogP contribution < -0.4 is 10.5 Å². The van der Waals surface area contributed by atoms with Gasteiger partial charge in [0.1, 0.15) is 10.7 Å². The zero-order valence-corrected chi connectivity index (χ0v) is 20.2. The van der Waals surface area contributed by atoms with Gasteiger partial charge in [-0.1, -0.05) is 54.7 Å². The average Bonchev–Trinajstić information content (AvgIpc) is 2.78. The van der Waals surface area contributed by atoms with Gasteiger partial charge in [-0.3, -0.25) is 4.79 Å². The van der Waals surface area contributed by atoms with E-state index in [-0.39, 0.29) is 27.6 Å². The molecule has 0 saturated carbocycles. The number of carbonyl (C=O) groups excluding carboxylic acids is 1. The van der Waals surface area contributed by atoms with Crippen molar-refractivity contribution in [3.8, 4) is 16.9 Å². The van der Waals surface area contributed by atoms with Crippen molar-refractivity contribution in [2.24, 2.45) is 5.41 Å². The minimum atomic E-state index is -0.607. The number of rotatable bonds is 4. The standard InChI is InChI=1S/C26H23ClFN3O2S/c1-3-21(32)30-11-26(12-30)13-31(14-26)25(34)19-10-20(27)22(23(28)24(19)29)18-9-16(33-2)8-15-6-4-5-7-17(15)18/h3-10H,1,11-14,29H2,2H3. The summed E-state index contributed by atoms with van der Waals surface area (Å²) < 4.78 is 21.2. The SMILES string of the molecule is C=CC(=O)N1CC2(C1)CN(C(=S)c1cc(Cl)c(-c3cc(OC)cc4ccccc34)c(F)c1N)C2. The van der Waals surface area contributed by atoms with Crippen LogP contribution in [0.2, 0.25) is 5.02 Å². The lowest BCUT2D eigenvalue weighted by atomic mass is 9.72. The van der Waals surface area contributed by atoms with Gasteiger partial charge in [-0.15, -0.1) is 0 Å². The monoisotopic (exact) mass is 495 g/mol. The van der Waals surface area contributed by atoms with Crippen LogP contribution in [0.25, 0.3) is 21.9 Å². The van der Waals surface area contributed by atoms with Gasteiger partial charge in [0.25, 0.3) is 0 Å². The number of halogens is 2. The van der Waals surface area contributed by atoms with Gasteiger partial charge in [-0.25, -0.2) is 4.39 Å². The summed E-state index contributed by atoms with van der Waals surface area (Å²) in [5.41, 5.74) is 7.49. The highest BCUT2D eigenvalue weighted by Crippen LogP contribution is 2.44. The molecule has 3 aromatic carbocycles. The molecule has 34 heavy (non-hydrogen) atoms. The zero-order chi connectivity index (χ0) is 24.2. The summed E-state index contributed by atoms with van der Waals surface area (Å²) >= 11 is 12.3. The third-order valence-corrected chi connectivity index (χ3v) is 7.48. The molecule has 2 fully saturated rings. The van der Waals surface area contributed by atoms with Crippen LogP contribution in [0.3, 0.4) is 0 Å². The van der Waals surface area contributed by atoms with E-state index in [9.17, 15) is 4.79 Å². The molecule has 8 heteroatoms. The molecule has 0 atom stereocenters. The molecule has 3 aromatic rings. The number of benzene rings is 3. The molecular weight excluding hydrogens is 473 g/mol. The third kappa shape index (κ3) is 3.51. The molecular formula is C26H23ClFN3O2S.